The summed E-state index contributed by atoms with van der Waals surface area (Å²) in [5.74, 6) is -0.947. The van der Waals surface area contributed by atoms with Gasteiger partial charge in [-0.3, -0.25) is 4.79 Å². The highest BCUT2D eigenvalue weighted by Gasteiger charge is 2.26. The third-order valence-corrected chi connectivity index (χ3v) is 4.75. The third kappa shape index (κ3) is 5.35. The van der Waals surface area contributed by atoms with Crippen LogP contribution >= 0.6 is 0 Å². The van der Waals surface area contributed by atoms with Crippen molar-refractivity contribution in [1.82, 2.24) is 4.72 Å². The maximum atomic E-state index is 12.3. The van der Waals surface area contributed by atoms with E-state index in [4.69, 9.17) is 5.11 Å². The predicted molar refractivity (Wildman–Crippen MR) is 82.0 cm³/mol. The highest BCUT2D eigenvalue weighted by Crippen LogP contribution is 2.19. The molecule has 0 aromatic heterocycles. The highest BCUT2D eigenvalue weighted by atomic mass is 32.2. The number of sulfonamides is 1. The van der Waals surface area contributed by atoms with Gasteiger partial charge in [0.1, 0.15) is 0 Å². The minimum atomic E-state index is -3.67. The Kier molecular flexibility index (Phi) is 5.36. The number of rotatable bonds is 7. The van der Waals surface area contributed by atoms with Crippen molar-refractivity contribution in [2.45, 2.75) is 37.1 Å². The van der Waals surface area contributed by atoms with E-state index in [1.54, 1.807) is 26.0 Å². The van der Waals surface area contributed by atoms with Crippen molar-refractivity contribution < 1.29 is 18.3 Å². The summed E-state index contributed by atoms with van der Waals surface area (Å²) >= 11 is 0. The first-order valence-corrected chi connectivity index (χ1v) is 8.05. The number of aliphatic carboxylic acids is 1. The number of nitrogens with one attached hydrogen (secondary N) is 1. The van der Waals surface area contributed by atoms with Crippen LogP contribution in [0.4, 0.5) is 5.69 Å². The summed E-state index contributed by atoms with van der Waals surface area (Å²) in [5.41, 5.74) is 0.0800. The van der Waals surface area contributed by atoms with Gasteiger partial charge in [-0.1, -0.05) is 0 Å². The zero-order chi connectivity index (χ0) is 16.3. The lowest BCUT2D eigenvalue weighted by Crippen LogP contribution is -2.43. The molecular weight excluding hydrogens is 292 g/mol. The predicted octanol–water partition coefficient (Wildman–Crippen LogP) is 1.67. The summed E-state index contributed by atoms with van der Waals surface area (Å²) < 4.78 is 27.2. The van der Waals surface area contributed by atoms with Crippen LogP contribution < -0.4 is 9.62 Å². The van der Waals surface area contributed by atoms with Gasteiger partial charge in [-0.2, -0.15) is 0 Å². The molecular formula is C14H22N2O4S. The van der Waals surface area contributed by atoms with Gasteiger partial charge in [0.25, 0.3) is 0 Å². The van der Waals surface area contributed by atoms with Gasteiger partial charge in [0.05, 0.1) is 4.90 Å². The van der Waals surface area contributed by atoms with Gasteiger partial charge in [-0.15, -0.1) is 0 Å². The van der Waals surface area contributed by atoms with Crippen LogP contribution in [0.15, 0.2) is 29.2 Å². The average molecular weight is 314 g/mol. The van der Waals surface area contributed by atoms with Crippen molar-refractivity contribution in [3.63, 3.8) is 0 Å². The number of carboxylic acids is 1. The number of carbonyl (C=O) groups is 1. The van der Waals surface area contributed by atoms with Crippen LogP contribution in [0.1, 0.15) is 26.7 Å². The van der Waals surface area contributed by atoms with Crippen molar-refractivity contribution in [2.24, 2.45) is 0 Å². The van der Waals surface area contributed by atoms with E-state index in [2.05, 4.69) is 4.72 Å². The summed E-state index contributed by atoms with van der Waals surface area (Å²) in [5, 5.41) is 8.69. The van der Waals surface area contributed by atoms with Crippen LogP contribution in [0.3, 0.4) is 0 Å². The van der Waals surface area contributed by atoms with Gasteiger partial charge < -0.3 is 10.0 Å². The topological polar surface area (TPSA) is 86.7 Å². The normalized spacial score (nSPS) is 12.2. The molecule has 2 N–H and O–H groups in total. The van der Waals surface area contributed by atoms with Crippen molar-refractivity contribution in [3.8, 4) is 0 Å². The Balaban J connectivity index is 2.88. The minimum absolute atomic E-state index is 0.0882. The quantitative estimate of drug-likeness (QED) is 0.799. The molecule has 6 nitrogen and oxygen atoms in total. The van der Waals surface area contributed by atoms with E-state index in [0.29, 0.717) is 0 Å². The van der Waals surface area contributed by atoms with Gasteiger partial charge in [0, 0.05) is 31.7 Å². The van der Waals surface area contributed by atoms with Crippen molar-refractivity contribution >= 4 is 21.7 Å². The maximum absolute atomic E-state index is 12.3. The summed E-state index contributed by atoms with van der Waals surface area (Å²) in [6.07, 6.45) is 0.131. The van der Waals surface area contributed by atoms with E-state index in [9.17, 15) is 13.2 Å². The Morgan fingerprint density at radius 1 is 1.24 bits per heavy atom. The van der Waals surface area contributed by atoms with Gasteiger partial charge in [0.15, 0.2) is 0 Å². The van der Waals surface area contributed by atoms with Crippen molar-refractivity contribution in [3.05, 3.63) is 24.3 Å². The number of hydrogen-bond donors (Lipinski definition) is 2. The van der Waals surface area contributed by atoms with Gasteiger partial charge in [0.2, 0.25) is 10.0 Å². The Hall–Kier alpha value is -1.60. The molecule has 0 saturated carbocycles. The summed E-state index contributed by atoms with van der Waals surface area (Å²) in [6.45, 7) is 3.34. The lowest BCUT2D eigenvalue weighted by molar-refractivity contribution is -0.137. The van der Waals surface area contributed by atoms with Crippen LogP contribution in [-0.4, -0.2) is 39.1 Å². The first-order valence-electron chi connectivity index (χ1n) is 6.57. The molecule has 0 atom stereocenters. The van der Waals surface area contributed by atoms with E-state index >= 15 is 0 Å². The second-order valence-corrected chi connectivity index (χ2v) is 7.45. The molecule has 1 aromatic rings. The lowest BCUT2D eigenvalue weighted by Gasteiger charge is -2.25. The number of hydrogen-bond acceptors (Lipinski definition) is 4. The molecule has 0 aliphatic rings. The standard InChI is InChI=1S/C14H22N2O4S/c1-14(2,10-9-13(17)18)15-21(19,20)12-7-5-11(6-8-12)16(3)4/h5-8,15H,9-10H2,1-4H3,(H,17,18). The molecule has 7 heteroatoms. The number of nitrogens with zero attached hydrogens (tertiary/aromatic N) is 1. The molecule has 1 aromatic carbocycles. The fourth-order valence-corrected chi connectivity index (χ4v) is 3.26. The van der Waals surface area contributed by atoms with Crippen LogP contribution in [0.2, 0.25) is 0 Å². The van der Waals surface area contributed by atoms with Gasteiger partial charge in [-0.05, 0) is 44.5 Å². The SMILES string of the molecule is CN(C)c1ccc(S(=O)(=O)NC(C)(C)CCC(=O)O)cc1. The first-order chi connectivity index (χ1) is 9.53. The van der Waals surface area contributed by atoms with E-state index in [-0.39, 0.29) is 17.7 Å². The molecule has 0 unspecified atom stereocenters. The number of benzene rings is 1. The number of carboxylic acid groups (broad SMARTS) is 1. The zero-order valence-corrected chi connectivity index (χ0v) is 13.6. The summed E-state index contributed by atoms with van der Waals surface area (Å²) in [6, 6.07) is 6.51. The molecule has 0 saturated heterocycles. The molecule has 1 rings (SSSR count). The molecule has 118 valence electrons. The fourth-order valence-electron chi connectivity index (χ4n) is 1.82. The average Bonchev–Trinajstić information content (AvgIpc) is 2.35. The molecule has 0 radical (unpaired) electrons. The monoisotopic (exact) mass is 314 g/mol. The van der Waals surface area contributed by atoms with Crippen LogP contribution in [-0.2, 0) is 14.8 Å². The second-order valence-electron chi connectivity index (χ2n) is 5.77. The Morgan fingerprint density at radius 2 is 1.76 bits per heavy atom. The van der Waals surface area contributed by atoms with E-state index in [1.807, 2.05) is 19.0 Å². The van der Waals surface area contributed by atoms with Gasteiger partial charge >= 0.3 is 5.97 Å². The van der Waals surface area contributed by atoms with Gasteiger partial charge in [-0.25, -0.2) is 13.1 Å². The zero-order valence-electron chi connectivity index (χ0n) is 12.8. The summed E-state index contributed by atoms with van der Waals surface area (Å²) in [4.78, 5) is 12.6. The maximum Gasteiger partial charge on any atom is 0.303 e. The molecule has 0 spiro atoms. The first kappa shape index (κ1) is 17.5. The Labute approximate surface area is 125 Å². The highest BCUT2D eigenvalue weighted by molar-refractivity contribution is 7.89. The molecule has 0 aliphatic carbocycles. The third-order valence-electron chi connectivity index (χ3n) is 3.04. The summed E-state index contributed by atoms with van der Waals surface area (Å²) in [7, 11) is 0.0738. The second kappa shape index (κ2) is 6.44. The molecule has 0 bridgehead atoms. The largest absolute Gasteiger partial charge is 0.481 e. The fraction of sp³-hybridized carbons (Fsp3) is 0.500. The molecule has 0 aliphatic heterocycles. The van der Waals surface area contributed by atoms with E-state index in [0.717, 1.165) is 5.69 Å². The van der Waals surface area contributed by atoms with E-state index in [1.165, 1.54) is 12.1 Å². The molecule has 21 heavy (non-hydrogen) atoms. The smallest absolute Gasteiger partial charge is 0.303 e. The Bertz CT molecular complexity index is 592. The van der Waals surface area contributed by atoms with Crippen LogP contribution in [0, 0.1) is 0 Å². The van der Waals surface area contributed by atoms with Crippen molar-refractivity contribution in [2.75, 3.05) is 19.0 Å². The minimum Gasteiger partial charge on any atom is -0.481 e. The van der Waals surface area contributed by atoms with E-state index < -0.39 is 21.5 Å². The van der Waals surface area contributed by atoms with Crippen LogP contribution in [0.25, 0.3) is 0 Å². The molecule has 0 heterocycles. The lowest BCUT2D eigenvalue weighted by atomic mass is 10.0. The Morgan fingerprint density at radius 3 is 2.19 bits per heavy atom. The van der Waals surface area contributed by atoms with Crippen molar-refractivity contribution in [1.29, 1.82) is 0 Å². The molecule has 0 fully saturated rings. The number of anilines is 1. The van der Waals surface area contributed by atoms with Crippen LogP contribution in [0.5, 0.6) is 0 Å². The molecule has 0 amide bonds.